The summed E-state index contributed by atoms with van der Waals surface area (Å²) >= 11 is 0. The molecule has 5 rings (SSSR count). The minimum atomic E-state index is -1.85. The summed E-state index contributed by atoms with van der Waals surface area (Å²) in [6.45, 7) is -1.12. The number of phenolic OH excluding ortho intramolecular Hbond substituents is 1. The summed E-state index contributed by atoms with van der Waals surface area (Å²) < 4.78 is 33.4. The van der Waals surface area contributed by atoms with Gasteiger partial charge in [0.05, 0.1) is 34.0 Å². The Kier molecular flexibility index (Phi) is 7.39. The Morgan fingerprint density at radius 3 is 1.92 bits per heavy atom. The van der Waals surface area contributed by atoms with E-state index in [1.165, 1.54) is 38.5 Å². The van der Waals surface area contributed by atoms with Crippen LogP contribution >= 0.6 is 0 Å². The normalized spacial score (nSPS) is 37.9. The Bertz CT molecular complexity index is 1190. The number of hydrogen-bond donors (Lipinski definition) is 7. The zero-order valence-electron chi connectivity index (χ0n) is 21.2. The van der Waals surface area contributed by atoms with E-state index in [-0.39, 0.29) is 36.2 Å². The van der Waals surface area contributed by atoms with Crippen LogP contribution in [0.15, 0.2) is 36.4 Å². The predicted octanol–water partition coefficient (Wildman–Crippen LogP) is -1.11. The van der Waals surface area contributed by atoms with Gasteiger partial charge in [0.1, 0.15) is 36.6 Å². The predicted molar refractivity (Wildman–Crippen MR) is 129 cm³/mol. The maximum absolute atomic E-state index is 11.7. The smallest absolute Gasteiger partial charge is 0.229 e. The van der Waals surface area contributed by atoms with Crippen molar-refractivity contribution in [2.45, 2.75) is 54.1 Å². The lowest BCUT2D eigenvalue weighted by atomic mass is 9.77. The van der Waals surface area contributed by atoms with Crippen LogP contribution in [0.2, 0.25) is 0 Å². The summed E-state index contributed by atoms with van der Waals surface area (Å²) in [5.74, 6) is 0.360. The van der Waals surface area contributed by atoms with Crippen molar-refractivity contribution in [3.63, 3.8) is 0 Å². The monoisotopic (exact) mass is 552 g/mol. The molecule has 0 radical (unpaired) electrons. The molecule has 0 unspecified atom stereocenters. The molecule has 3 fully saturated rings. The number of phenols is 1. The van der Waals surface area contributed by atoms with E-state index in [4.69, 9.17) is 28.4 Å². The first-order valence-electron chi connectivity index (χ1n) is 12.3. The molecule has 0 aliphatic carbocycles. The molecule has 3 heterocycles. The Morgan fingerprint density at radius 2 is 1.36 bits per heavy atom. The van der Waals surface area contributed by atoms with E-state index >= 15 is 0 Å². The van der Waals surface area contributed by atoms with Crippen molar-refractivity contribution in [2.75, 3.05) is 34.0 Å². The number of hydrogen-bond acceptors (Lipinski definition) is 13. The van der Waals surface area contributed by atoms with Crippen LogP contribution in [-0.2, 0) is 14.2 Å². The van der Waals surface area contributed by atoms with Crippen LogP contribution in [0.25, 0.3) is 0 Å². The molecule has 13 heteroatoms. The molecule has 0 amide bonds. The lowest BCUT2D eigenvalue weighted by Gasteiger charge is -2.39. The molecular weight excluding hydrogens is 520 g/mol. The molecule has 0 saturated carbocycles. The van der Waals surface area contributed by atoms with Crippen LogP contribution in [0, 0.1) is 0 Å². The largest absolute Gasteiger partial charge is 0.504 e. The van der Waals surface area contributed by atoms with E-state index in [9.17, 15) is 35.7 Å². The van der Waals surface area contributed by atoms with Gasteiger partial charge in [0, 0.05) is 0 Å². The van der Waals surface area contributed by atoms with Crippen LogP contribution in [0.1, 0.15) is 23.3 Å². The van der Waals surface area contributed by atoms with E-state index in [1.807, 2.05) is 0 Å². The maximum atomic E-state index is 11.7. The molecule has 3 aliphatic rings. The number of benzene rings is 2. The summed E-state index contributed by atoms with van der Waals surface area (Å²) in [6.07, 6.45) is -9.35. The number of fused-ring (bicyclic) bond motifs is 1. The quantitative estimate of drug-likeness (QED) is 0.219. The van der Waals surface area contributed by atoms with Gasteiger partial charge >= 0.3 is 0 Å². The zero-order valence-corrected chi connectivity index (χ0v) is 21.2. The minimum absolute atomic E-state index is 0.0832. The molecular formula is C26H32O13. The molecule has 0 bridgehead atoms. The van der Waals surface area contributed by atoms with Gasteiger partial charge in [-0.1, -0.05) is 12.1 Å². The van der Waals surface area contributed by atoms with Crippen LogP contribution in [0.5, 0.6) is 23.0 Å². The second-order valence-electron chi connectivity index (χ2n) is 9.89. The molecule has 214 valence electrons. The number of rotatable bonds is 7. The van der Waals surface area contributed by atoms with Gasteiger partial charge in [0.2, 0.25) is 6.29 Å². The average molecular weight is 553 g/mol. The Labute approximate surface area is 223 Å². The summed E-state index contributed by atoms with van der Waals surface area (Å²) in [7, 11) is 2.76. The third-order valence-corrected chi connectivity index (χ3v) is 7.65. The molecule has 3 aliphatic heterocycles. The Balaban J connectivity index is 1.39. The molecule has 0 aromatic heterocycles. The highest BCUT2D eigenvalue weighted by Gasteiger charge is 2.69. The third kappa shape index (κ3) is 4.40. The third-order valence-electron chi connectivity index (χ3n) is 7.65. The highest BCUT2D eigenvalue weighted by Crippen LogP contribution is 2.56. The first-order valence-corrected chi connectivity index (χ1v) is 12.3. The lowest BCUT2D eigenvalue weighted by molar-refractivity contribution is -0.277. The van der Waals surface area contributed by atoms with Crippen molar-refractivity contribution < 1.29 is 64.2 Å². The van der Waals surface area contributed by atoms with Gasteiger partial charge in [-0.3, -0.25) is 0 Å². The number of methoxy groups -OCH3 is 2. The molecule has 13 nitrogen and oxygen atoms in total. The van der Waals surface area contributed by atoms with Gasteiger partial charge in [-0.25, -0.2) is 0 Å². The number of aliphatic hydroxyl groups excluding tert-OH is 4. The number of aromatic hydroxyl groups is 1. The molecule has 39 heavy (non-hydrogen) atoms. The van der Waals surface area contributed by atoms with E-state index < -0.39 is 60.7 Å². The van der Waals surface area contributed by atoms with Gasteiger partial charge in [-0.05, 0) is 35.4 Å². The van der Waals surface area contributed by atoms with E-state index in [0.29, 0.717) is 11.1 Å². The fourth-order valence-electron chi connectivity index (χ4n) is 5.39. The fraction of sp³-hybridized carbons (Fsp3) is 0.538. The van der Waals surface area contributed by atoms with E-state index in [0.717, 1.165) is 0 Å². The van der Waals surface area contributed by atoms with E-state index in [1.54, 1.807) is 12.1 Å². The standard InChI is InChI=1S/C26H32O13/c1-34-16-7-12(3-5-14(16)28)22-25(32)10-37-23(26(25,33)11-36-22)13-4-6-15(17(8-13)35-2)38-24-21(31)20(30)19(29)18(9-27)39-24/h3-8,18-24,27-33H,9-11H2,1-2H3/t18-,19-,20+,21-,22+,23+,24-,25-,26-/m0/s1. The van der Waals surface area contributed by atoms with Crippen LogP contribution in [0.3, 0.4) is 0 Å². The Hall–Kier alpha value is -2.72. The zero-order chi connectivity index (χ0) is 28.1. The summed E-state index contributed by atoms with van der Waals surface area (Å²) in [5.41, 5.74) is -2.78. The van der Waals surface area contributed by atoms with Crippen molar-refractivity contribution in [3.8, 4) is 23.0 Å². The minimum Gasteiger partial charge on any atom is -0.504 e. The van der Waals surface area contributed by atoms with E-state index in [2.05, 4.69) is 0 Å². The van der Waals surface area contributed by atoms with Crippen molar-refractivity contribution in [1.82, 2.24) is 0 Å². The molecule has 3 saturated heterocycles. The molecule has 2 aromatic rings. The number of aliphatic hydroxyl groups is 6. The van der Waals surface area contributed by atoms with Gasteiger partial charge in [0.15, 0.2) is 34.2 Å². The number of ether oxygens (including phenoxy) is 6. The van der Waals surface area contributed by atoms with Gasteiger partial charge in [0.25, 0.3) is 0 Å². The van der Waals surface area contributed by atoms with Gasteiger partial charge in [-0.15, -0.1) is 0 Å². The van der Waals surface area contributed by atoms with Crippen LogP contribution in [-0.4, -0.2) is 112 Å². The topological polar surface area (TPSA) is 197 Å². The van der Waals surface area contributed by atoms with Crippen LogP contribution < -0.4 is 14.2 Å². The van der Waals surface area contributed by atoms with Crippen molar-refractivity contribution in [3.05, 3.63) is 47.5 Å². The second-order valence-corrected chi connectivity index (χ2v) is 9.89. The highest BCUT2D eigenvalue weighted by atomic mass is 16.7. The van der Waals surface area contributed by atoms with Crippen molar-refractivity contribution in [1.29, 1.82) is 0 Å². The second kappa shape index (κ2) is 10.4. The molecule has 7 N–H and O–H groups in total. The Morgan fingerprint density at radius 1 is 0.795 bits per heavy atom. The SMILES string of the molecule is COc1cc([C@H]2OC[C@]3(O)[C@@H](c4ccc(O[C@H]5O[C@@H](CO)[C@H](O)[C@@H](O)[C@@H]5O)c(OC)c4)OC[C@]23O)ccc1O. The summed E-state index contributed by atoms with van der Waals surface area (Å²) in [5, 5.41) is 73.0. The first kappa shape index (κ1) is 27.8. The molecule has 9 atom stereocenters. The highest BCUT2D eigenvalue weighted by molar-refractivity contribution is 5.47. The van der Waals surface area contributed by atoms with Gasteiger partial charge in [-0.2, -0.15) is 0 Å². The van der Waals surface area contributed by atoms with Gasteiger partial charge < -0.3 is 64.2 Å². The molecule has 2 aromatic carbocycles. The molecule has 0 spiro atoms. The maximum Gasteiger partial charge on any atom is 0.229 e. The average Bonchev–Trinajstić information content (AvgIpc) is 3.35. The first-order chi connectivity index (χ1) is 18.6. The summed E-state index contributed by atoms with van der Waals surface area (Å²) in [4.78, 5) is 0. The fourth-order valence-corrected chi connectivity index (χ4v) is 5.39. The van der Waals surface area contributed by atoms with Crippen molar-refractivity contribution in [2.24, 2.45) is 0 Å². The van der Waals surface area contributed by atoms with Crippen molar-refractivity contribution >= 4 is 0 Å². The lowest BCUT2D eigenvalue weighted by Crippen LogP contribution is -2.60. The summed E-state index contributed by atoms with van der Waals surface area (Å²) in [6, 6.07) is 9.04. The van der Waals surface area contributed by atoms with Crippen LogP contribution in [0.4, 0.5) is 0 Å².